The van der Waals surface area contributed by atoms with Gasteiger partial charge in [0.2, 0.25) is 0 Å². The SMILES string of the molecule is CCNC(CC)C(C)N1CC(C)OC(C)(C)C1. The molecule has 3 atom stereocenters. The molecule has 0 aliphatic carbocycles. The molecule has 3 unspecified atom stereocenters. The van der Waals surface area contributed by atoms with Gasteiger partial charge in [-0.3, -0.25) is 4.90 Å². The molecular weight excluding hydrogens is 212 g/mol. The van der Waals surface area contributed by atoms with Crippen LogP contribution in [0.3, 0.4) is 0 Å². The van der Waals surface area contributed by atoms with Crippen LogP contribution in [-0.4, -0.2) is 48.3 Å². The first-order valence-corrected chi connectivity index (χ1v) is 7.05. The summed E-state index contributed by atoms with van der Waals surface area (Å²) in [5, 5.41) is 3.59. The second kappa shape index (κ2) is 6.17. The Bertz CT molecular complexity index is 230. The van der Waals surface area contributed by atoms with E-state index in [0.29, 0.717) is 18.2 Å². The summed E-state index contributed by atoms with van der Waals surface area (Å²) >= 11 is 0. The maximum atomic E-state index is 5.97. The summed E-state index contributed by atoms with van der Waals surface area (Å²) in [4.78, 5) is 2.57. The summed E-state index contributed by atoms with van der Waals surface area (Å²) in [6, 6.07) is 1.16. The van der Waals surface area contributed by atoms with Gasteiger partial charge in [-0.1, -0.05) is 13.8 Å². The second-order valence-corrected chi connectivity index (χ2v) is 5.93. The second-order valence-electron chi connectivity index (χ2n) is 5.93. The molecule has 0 radical (unpaired) electrons. The molecule has 1 aliphatic rings. The van der Waals surface area contributed by atoms with Gasteiger partial charge in [-0.15, -0.1) is 0 Å². The molecule has 0 saturated carbocycles. The van der Waals surface area contributed by atoms with Gasteiger partial charge in [-0.05, 0) is 40.7 Å². The van der Waals surface area contributed by atoms with Crippen molar-refractivity contribution in [3.8, 4) is 0 Å². The lowest BCUT2D eigenvalue weighted by molar-refractivity contribution is -0.138. The minimum atomic E-state index is -0.0174. The van der Waals surface area contributed by atoms with Crippen LogP contribution in [0, 0.1) is 0 Å². The third-order valence-corrected chi connectivity index (χ3v) is 3.66. The van der Waals surface area contributed by atoms with Crippen molar-refractivity contribution in [1.82, 2.24) is 10.2 Å². The van der Waals surface area contributed by atoms with Gasteiger partial charge in [0.1, 0.15) is 0 Å². The first-order chi connectivity index (χ1) is 7.89. The smallest absolute Gasteiger partial charge is 0.0757 e. The quantitative estimate of drug-likeness (QED) is 0.800. The van der Waals surface area contributed by atoms with Crippen LogP contribution in [0.1, 0.15) is 48.0 Å². The molecule has 0 spiro atoms. The van der Waals surface area contributed by atoms with Crippen molar-refractivity contribution in [3.05, 3.63) is 0 Å². The molecule has 1 heterocycles. The van der Waals surface area contributed by atoms with Crippen molar-refractivity contribution < 1.29 is 4.74 Å². The van der Waals surface area contributed by atoms with Gasteiger partial charge in [-0.25, -0.2) is 0 Å². The molecule has 0 bridgehead atoms. The van der Waals surface area contributed by atoms with Crippen LogP contribution in [0.15, 0.2) is 0 Å². The Morgan fingerprint density at radius 1 is 1.41 bits per heavy atom. The lowest BCUT2D eigenvalue weighted by Crippen LogP contribution is -2.58. The zero-order valence-corrected chi connectivity index (χ0v) is 12.4. The number of rotatable bonds is 5. The Morgan fingerprint density at radius 2 is 2.06 bits per heavy atom. The van der Waals surface area contributed by atoms with Gasteiger partial charge >= 0.3 is 0 Å². The third kappa shape index (κ3) is 4.23. The van der Waals surface area contributed by atoms with Crippen LogP contribution in [-0.2, 0) is 4.74 Å². The van der Waals surface area contributed by atoms with Crippen LogP contribution < -0.4 is 5.32 Å². The van der Waals surface area contributed by atoms with E-state index in [-0.39, 0.29) is 5.60 Å². The van der Waals surface area contributed by atoms with E-state index in [1.165, 1.54) is 6.42 Å². The topological polar surface area (TPSA) is 24.5 Å². The van der Waals surface area contributed by atoms with E-state index in [0.717, 1.165) is 19.6 Å². The molecule has 102 valence electrons. The highest BCUT2D eigenvalue weighted by Crippen LogP contribution is 2.23. The molecule has 1 fully saturated rings. The highest BCUT2D eigenvalue weighted by atomic mass is 16.5. The van der Waals surface area contributed by atoms with Crippen molar-refractivity contribution in [2.75, 3.05) is 19.6 Å². The standard InChI is InChI=1S/C14H30N2O/c1-7-13(15-8-2)12(4)16-9-11(3)17-14(5,6)10-16/h11-13,15H,7-10H2,1-6H3. The Hall–Kier alpha value is -0.120. The Morgan fingerprint density at radius 3 is 2.53 bits per heavy atom. The van der Waals surface area contributed by atoms with Gasteiger partial charge in [0, 0.05) is 25.2 Å². The number of morpholine rings is 1. The lowest BCUT2D eigenvalue weighted by atomic mass is 9.99. The number of hydrogen-bond donors (Lipinski definition) is 1. The van der Waals surface area contributed by atoms with Gasteiger partial charge in [-0.2, -0.15) is 0 Å². The summed E-state index contributed by atoms with van der Waals surface area (Å²) in [5.41, 5.74) is -0.0174. The highest BCUT2D eigenvalue weighted by molar-refractivity contribution is 4.89. The molecule has 1 rings (SSSR count). The average Bonchev–Trinajstić information content (AvgIpc) is 2.22. The number of ether oxygens (including phenoxy) is 1. The van der Waals surface area contributed by atoms with Gasteiger partial charge in [0.05, 0.1) is 11.7 Å². The molecular formula is C14H30N2O. The van der Waals surface area contributed by atoms with Gasteiger partial charge in [0.15, 0.2) is 0 Å². The van der Waals surface area contributed by atoms with Crippen LogP contribution in [0.5, 0.6) is 0 Å². The predicted octanol–water partition coefficient (Wildman–Crippen LogP) is 2.26. The minimum absolute atomic E-state index is 0.0174. The first-order valence-electron chi connectivity index (χ1n) is 7.05. The summed E-state index contributed by atoms with van der Waals surface area (Å²) < 4.78 is 5.97. The highest BCUT2D eigenvalue weighted by Gasteiger charge is 2.35. The van der Waals surface area contributed by atoms with Crippen molar-refractivity contribution in [1.29, 1.82) is 0 Å². The molecule has 3 nitrogen and oxygen atoms in total. The number of nitrogens with one attached hydrogen (secondary N) is 1. The molecule has 1 saturated heterocycles. The Balaban J connectivity index is 2.63. The molecule has 0 aromatic carbocycles. The Labute approximate surface area is 107 Å². The molecule has 1 aliphatic heterocycles. The average molecular weight is 242 g/mol. The van der Waals surface area contributed by atoms with Crippen molar-refractivity contribution in [2.24, 2.45) is 0 Å². The van der Waals surface area contributed by atoms with Crippen molar-refractivity contribution >= 4 is 0 Å². The predicted molar refractivity (Wildman–Crippen MR) is 73.4 cm³/mol. The fraction of sp³-hybridized carbons (Fsp3) is 1.00. The van der Waals surface area contributed by atoms with Crippen LogP contribution in [0.25, 0.3) is 0 Å². The fourth-order valence-corrected chi connectivity index (χ4v) is 2.99. The van der Waals surface area contributed by atoms with E-state index in [9.17, 15) is 0 Å². The maximum absolute atomic E-state index is 5.97. The monoisotopic (exact) mass is 242 g/mol. The van der Waals surface area contributed by atoms with Crippen LogP contribution in [0.4, 0.5) is 0 Å². The minimum Gasteiger partial charge on any atom is -0.370 e. The summed E-state index contributed by atoms with van der Waals surface area (Å²) in [7, 11) is 0. The number of nitrogens with zero attached hydrogens (tertiary/aromatic N) is 1. The molecule has 0 aromatic rings. The first kappa shape index (κ1) is 14.9. The lowest BCUT2D eigenvalue weighted by Gasteiger charge is -2.46. The van der Waals surface area contributed by atoms with Gasteiger partial charge in [0.25, 0.3) is 0 Å². The van der Waals surface area contributed by atoms with E-state index in [4.69, 9.17) is 4.74 Å². The Kier molecular flexibility index (Phi) is 5.42. The molecule has 1 N–H and O–H groups in total. The van der Waals surface area contributed by atoms with Crippen molar-refractivity contribution in [2.45, 2.75) is 71.8 Å². The van der Waals surface area contributed by atoms with Crippen molar-refractivity contribution in [3.63, 3.8) is 0 Å². The van der Waals surface area contributed by atoms with E-state index < -0.39 is 0 Å². The molecule has 0 aromatic heterocycles. The summed E-state index contributed by atoms with van der Waals surface area (Å²) in [6.45, 7) is 16.5. The number of hydrogen-bond acceptors (Lipinski definition) is 3. The largest absolute Gasteiger partial charge is 0.370 e. The zero-order chi connectivity index (χ0) is 13.1. The fourth-order valence-electron chi connectivity index (χ4n) is 2.99. The number of likely N-dealkylation sites (N-methyl/N-ethyl adjacent to an activating group) is 1. The van der Waals surface area contributed by atoms with Crippen LogP contribution >= 0.6 is 0 Å². The summed E-state index contributed by atoms with van der Waals surface area (Å²) in [5.74, 6) is 0. The molecule has 3 heteroatoms. The van der Waals surface area contributed by atoms with E-state index in [1.54, 1.807) is 0 Å². The van der Waals surface area contributed by atoms with E-state index in [1.807, 2.05) is 0 Å². The normalized spacial score (nSPS) is 28.9. The van der Waals surface area contributed by atoms with Gasteiger partial charge < -0.3 is 10.1 Å². The zero-order valence-electron chi connectivity index (χ0n) is 12.4. The maximum Gasteiger partial charge on any atom is 0.0757 e. The summed E-state index contributed by atoms with van der Waals surface area (Å²) in [6.07, 6.45) is 1.52. The van der Waals surface area contributed by atoms with E-state index in [2.05, 4.69) is 51.8 Å². The van der Waals surface area contributed by atoms with Crippen LogP contribution in [0.2, 0.25) is 0 Å². The molecule has 0 amide bonds. The molecule has 17 heavy (non-hydrogen) atoms. The third-order valence-electron chi connectivity index (χ3n) is 3.66. The van der Waals surface area contributed by atoms with E-state index >= 15 is 0 Å².